The molecule has 0 bridgehead atoms. The van der Waals surface area contributed by atoms with Crippen molar-refractivity contribution in [2.75, 3.05) is 21.3 Å². The zero-order valence-electron chi connectivity index (χ0n) is 15.2. The van der Waals surface area contributed by atoms with Crippen molar-refractivity contribution in [1.82, 2.24) is 0 Å². The second-order valence-corrected chi connectivity index (χ2v) is 5.21. The number of hydrogen-bond acceptors (Lipinski definition) is 7. The van der Waals surface area contributed by atoms with Crippen LogP contribution < -0.4 is 9.47 Å². The van der Waals surface area contributed by atoms with Gasteiger partial charge in [0.15, 0.2) is 12.2 Å². The summed E-state index contributed by atoms with van der Waals surface area (Å²) in [4.78, 5) is 21.3. The van der Waals surface area contributed by atoms with E-state index in [2.05, 4.69) is 4.74 Å². The Bertz CT molecular complexity index is 724. The lowest BCUT2D eigenvalue weighted by Crippen LogP contribution is -2.13. The molecular weight excluding hydrogens is 356 g/mol. The number of aliphatic hydroxyl groups excluding tert-OH is 2. The van der Waals surface area contributed by atoms with E-state index in [1.54, 1.807) is 43.5 Å². The molecule has 2 rings (SSSR count). The molecule has 0 radical (unpaired) electrons. The fraction of sp³-hybridized carbons (Fsp3) is 0.263. The molecule has 2 atom stereocenters. The van der Waals surface area contributed by atoms with Crippen LogP contribution in [0.5, 0.6) is 11.5 Å². The number of carboxylic acids is 1. The number of aliphatic carboxylic acids is 1. The summed E-state index contributed by atoms with van der Waals surface area (Å²) in [6, 6.07) is 12.8. The number of benzene rings is 2. The van der Waals surface area contributed by atoms with Gasteiger partial charge in [0.1, 0.15) is 11.5 Å². The monoisotopic (exact) mass is 378 g/mol. The number of carboxylic acid groups (broad SMARTS) is 1. The van der Waals surface area contributed by atoms with Crippen LogP contribution in [0.1, 0.15) is 23.3 Å². The van der Waals surface area contributed by atoms with Crippen LogP contribution in [0.4, 0.5) is 0 Å². The van der Waals surface area contributed by atoms with Gasteiger partial charge in [0, 0.05) is 0 Å². The Hall–Kier alpha value is -3.10. The van der Waals surface area contributed by atoms with Gasteiger partial charge in [0.25, 0.3) is 0 Å². The van der Waals surface area contributed by atoms with Gasteiger partial charge in [0.2, 0.25) is 0 Å². The molecule has 0 spiro atoms. The lowest BCUT2D eigenvalue weighted by molar-refractivity contribution is -0.150. The van der Waals surface area contributed by atoms with Crippen LogP contribution in [-0.4, -0.2) is 48.6 Å². The highest BCUT2D eigenvalue weighted by Gasteiger charge is 2.17. The number of carbonyl (C=O) groups excluding carboxylic acids is 1. The predicted molar refractivity (Wildman–Crippen MR) is 95.6 cm³/mol. The first kappa shape index (κ1) is 21.9. The summed E-state index contributed by atoms with van der Waals surface area (Å²) >= 11 is 0. The first-order chi connectivity index (χ1) is 12.8. The molecule has 0 aliphatic heterocycles. The smallest absolute Gasteiger partial charge is 0.339 e. The Morgan fingerprint density at radius 2 is 1.11 bits per heavy atom. The van der Waals surface area contributed by atoms with Gasteiger partial charge < -0.3 is 29.5 Å². The normalized spacial score (nSPS) is 12.0. The minimum Gasteiger partial charge on any atom is -0.497 e. The molecule has 0 aliphatic carbocycles. The van der Waals surface area contributed by atoms with Gasteiger partial charge in [-0.15, -0.1) is 0 Å². The van der Waals surface area contributed by atoms with Gasteiger partial charge in [-0.2, -0.15) is 0 Å². The highest BCUT2D eigenvalue weighted by molar-refractivity contribution is 5.76. The molecule has 2 aromatic carbocycles. The lowest BCUT2D eigenvalue weighted by Gasteiger charge is -2.08. The summed E-state index contributed by atoms with van der Waals surface area (Å²) in [6.07, 6.45) is -2.70. The van der Waals surface area contributed by atoms with E-state index in [0.717, 1.165) is 0 Å². The van der Waals surface area contributed by atoms with E-state index in [4.69, 9.17) is 19.7 Å². The van der Waals surface area contributed by atoms with Crippen molar-refractivity contribution in [3.8, 4) is 11.5 Å². The maximum absolute atomic E-state index is 11.0. The molecular formula is C19H22O8. The van der Waals surface area contributed by atoms with Crippen molar-refractivity contribution in [3.63, 3.8) is 0 Å². The molecule has 1 unspecified atom stereocenters. The van der Waals surface area contributed by atoms with Gasteiger partial charge >= 0.3 is 11.9 Å². The van der Waals surface area contributed by atoms with E-state index in [-0.39, 0.29) is 0 Å². The molecule has 3 N–H and O–H groups in total. The van der Waals surface area contributed by atoms with Crippen LogP contribution in [0, 0.1) is 0 Å². The highest BCUT2D eigenvalue weighted by Crippen LogP contribution is 2.18. The van der Waals surface area contributed by atoms with E-state index in [0.29, 0.717) is 22.6 Å². The summed E-state index contributed by atoms with van der Waals surface area (Å²) < 4.78 is 14.2. The number of esters is 1. The molecule has 0 aromatic heterocycles. The molecule has 0 aliphatic rings. The lowest BCUT2D eigenvalue weighted by atomic mass is 10.1. The average molecular weight is 378 g/mol. The number of aliphatic hydroxyl groups is 2. The first-order valence-electron chi connectivity index (χ1n) is 7.78. The van der Waals surface area contributed by atoms with E-state index in [1.807, 2.05) is 0 Å². The Morgan fingerprint density at radius 1 is 0.741 bits per heavy atom. The van der Waals surface area contributed by atoms with Crippen LogP contribution in [-0.2, 0) is 14.3 Å². The van der Waals surface area contributed by atoms with Crippen molar-refractivity contribution in [1.29, 1.82) is 0 Å². The molecule has 0 saturated carbocycles. The minimum atomic E-state index is -1.47. The Labute approximate surface area is 156 Å². The topological polar surface area (TPSA) is 123 Å². The van der Waals surface area contributed by atoms with E-state index in [1.165, 1.54) is 26.4 Å². The van der Waals surface area contributed by atoms with E-state index < -0.39 is 24.1 Å². The maximum Gasteiger partial charge on any atom is 0.339 e. The molecule has 2 aromatic rings. The summed E-state index contributed by atoms with van der Waals surface area (Å²) in [6.45, 7) is 0. The number of methoxy groups -OCH3 is 3. The van der Waals surface area contributed by atoms with Gasteiger partial charge in [-0.05, 0) is 35.4 Å². The van der Waals surface area contributed by atoms with Crippen LogP contribution in [0.25, 0.3) is 0 Å². The zero-order valence-corrected chi connectivity index (χ0v) is 15.2. The number of rotatable bonds is 6. The third-order valence-corrected chi connectivity index (χ3v) is 3.52. The largest absolute Gasteiger partial charge is 0.497 e. The molecule has 0 fully saturated rings. The average Bonchev–Trinajstić information content (AvgIpc) is 2.72. The summed E-state index contributed by atoms with van der Waals surface area (Å²) in [5.41, 5.74) is 0.825. The molecule has 0 heterocycles. The van der Waals surface area contributed by atoms with Crippen molar-refractivity contribution < 1.29 is 39.1 Å². The van der Waals surface area contributed by atoms with Gasteiger partial charge in [-0.25, -0.2) is 9.59 Å². The van der Waals surface area contributed by atoms with Crippen molar-refractivity contribution in [3.05, 3.63) is 59.7 Å². The SMILES string of the molecule is COC(=O)C(O)c1ccc(OC)cc1.COc1ccc([C@H](O)C(=O)O)cc1. The fourth-order valence-electron chi connectivity index (χ4n) is 1.96. The van der Waals surface area contributed by atoms with Crippen molar-refractivity contribution >= 4 is 11.9 Å². The predicted octanol–water partition coefficient (Wildman–Crippen LogP) is 1.71. The standard InChI is InChI=1S/C10H12O4.C9H10O4/c1-13-8-5-3-7(4-6-8)9(11)10(12)14-2;1-13-7-4-2-6(3-5-7)8(10)9(11)12/h3-6,9,11H,1-2H3;2-5,8,10H,1H3,(H,11,12)/t;8-/m.0/s1. The van der Waals surface area contributed by atoms with Crippen molar-refractivity contribution in [2.45, 2.75) is 12.2 Å². The summed E-state index contributed by atoms with van der Waals surface area (Å²) in [5, 5.41) is 27.0. The third kappa shape index (κ3) is 6.61. The Morgan fingerprint density at radius 3 is 1.41 bits per heavy atom. The van der Waals surface area contributed by atoms with Crippen LogP contribution in [0.15, 0.2) is 48.5 Å². The molecule has 8 heteroatoms. The fourth-order valence-corrected chi connectivity index (χ4v) is 1.96. The van der Waals surface area contributed by atoms with Crippen LogP contribution in [0.2, 0.25) is 0 Å². The maximum atomic E-state index is 11.0. The number of carbonyl (C=O) groups is 2. The highest BCUT2D eigenvalue weighted by atomic mass is 16.5. The quantitative estimate of drug-likeness (QED) is 0.650. The van der Waals surface area contributed by atoms with Gasteiger partial charge in [-0.3, -0.25) is 0 Å². The Kier molecular flexibility index (Phi) is 8.77. The molecule has 0 amide bonds. The van der Waals surface area contributed by atoms with Crippen LogP contribution in [0.3, 0.4) is 0 Å². The van der Waals surface area contributed by atoms with Crippen LogP contribution >= 0.6 is 0 Å². The Balaban J connectivity index is 0.000000271. The van der Waals surface area contributed by atoms with Crippen molar-refractivity contribution in [2.24, 2.45) is 0 Å². The molecule has 146 valence electrons. The summed E-state index contributed by atoms with van der Waals surface area (Å²) in [7, 11) is 4.30. The number of hydrogen-bond donors (Lipinski definition) is 3. The van der Waals surface area contributed by atoms with E-state index in [9.17, 15) is 14.7 Å². The third-order valence-electron chi connectivity index (χ3n) is 3.52. The minimum absolute atomic E-state index is 0.341. The van der Waals surface area contributed by atoms with Gasteiger partial charge in [0.05, 0.1) is 21.3 Å². The molecule has 27 heavy (non-hydrogen) atoms. The second kappa shape index (κ2) is 10.8. The second-order valence-electron chi connectivity index (χ2n) is 5.21. The van der Waals surface area contributed by atoms with Gasteiger partial charge in [-0.1, -0.05) is 24.3 Å². The molecule has 0 saturated heterocycles. The first-order valence-corrected chi connectivity index (χ1v) is 7.78. The molecule has 8 nitrogen and oxygen atoms in total. The van der Waals surface area contributed by atoms with E-state index >= 15 is 0 Å². The summed E-state index contributed by atoms with van der Waals surface area (Å²) in [5.74, 6) is -0.632. The number of ether oxygens (including phenoxy) is 3. The zero-order chi connectivity index (χ0) is 20.4.